The molecule has 21 heavy (non-hydrogen) atoms. The number of rotatable bonds is 8. The molecule has 0 fully saturated rings. The van der Waals surface area contributed by atoms with Crippen LogP contribution in [0.2, 0.25) is 0 Å². The maximum absolute atomic E-state index is 13.5. The van der Waals surface area contributed by atoms with Crippen molar-refractivity contribution >= 4 is 0 Å². The van der Waals surface area contributed by atoms with E-state index in [4.69, 9.17) is 0 Å². The van der Waals surface area contributed by atoms with Crippen molar-refractivity contribution < 1.29 is 4.39 Å². The summed E-state index contributed by atoms with van der Waals surface area (Å²) >= 11 is 0. The molecule has 0 bridgehead atoms. The van der Waals surface area contributed by atoms with E-state index < -0.39 is 0 Å². The molecule has 1 aromatic carbocycles. The lowest BCUT2D eigenvalue weighted by atomic mass is 9.78. The van der Waals surface area contributed by atoms with Crippen LogP contribution in [0.25, 0.3) is 0 Å². The van der Waals surface area contributed by atoms with Crippen molar-refractivity contribution in [3.05, 3.63) is 35.1 Å². The Hall–Kier alpha value is -0.930. The quantitative estimate of drug-likeness (QED) is 0.769. The molecule has 2 nitrogen and oxygen atoms in total. The first-order valence-electron chi connectivity index (χ1n) is 8.09. The highest BCUT2D eigenvalue weighted by atomic mass is 19.1. The SMILES string of the molecule is CCCNC(c1ccc(F)cc1C)C(CC)(CC)N(C)C. The van der Waals surface area contributed by atoms with Gasteiger partial charge in [-0.05, 0) is 70.1 Å². The van der Waals surface area contributed by atoms with E-state index in [2.05, 4.69) is 45.1 Å². The zero-order chi connectivity index (χ0) is 16.0. The Balaban J connectivity index is 3.32. The molecule has 120 valence electrons. The number of aryl methyl sites for hydroxylation is 1. The second-order valence-electron chi connectivity index (χ2n) is 6.09. The molecular formula is C18H31FN2. The van der Waals surface area contributed by atoms with Crippen LogP contribution in [0.4, 0.5) is 4.39 Å². The number of nitrogens with zero attached hydrogens (tertiary/aromatic N) is 1. The first kappa shape index (κ1) is 18.1. The number of likely N-dealkylation sites (N-methyl/N-ethyl adjacent to an activating group) is 1. The van der Waals surface area contributed by atoms with E-state index in [0.29, 0.717) is 0 Å². The summed E-state index contributed by atoms with van der Waals surface area (Å²) in [6.45, 7) is 9.63. The maximum atomic E-state index is 13.5. The van der Waals surface area contributed by atoms with Gasteiger partial charge in [0.05, 0.1) is 6.04 Å². The van der Waals surface area contributed by atoms with Gasteiger partial charge in [0, 0.05) is 5.54 Å². The number of halogens is 1. The molecule has 0 aromatic heterocycles. The van der Waals surface area contributed by atoms with Gasteiger partial charge in [-0.3, -0.25) is 0 Å². The van der Waals surface area contributed by atoms with Crippen LogP contribution >= 0.6 is 0 Å². The topological polar surface area (TPSA) is 15.3 Å². The van der Waals surface area contributed by atoms with Gasteiger partial charge in [0.25, 0.3) is 0 Å². The first-order chi connectivity index (χ1) is 9.92. The summed E-state index contributed by atoms with van der Waals surface area (Å²) in [5, 5.41) is 3.71. The largest absolute Gasteiger partial charge is 0.308 e. The maximum Gasteiger partial charge on any atom is 0.123 e. The summed E-state index contributed by atoms with van der Waals surface area (Å²) in [6, 6.07) is 5.38. The monoisotopic (exact) mass is 294 g/mol. The van der Waals surface area contributed by atoms with Crippen molar-refractivity contribution in [1.29, 1.82) is 0 Å². The minimum Gasteiger partial charge on any atom is -0.308 e. The Labute approximate surface area is 129 Å². The van der Waals surface area contributed by atoms with Gasteiger partial charge >= 0.3 is 0 Å². The molecule has 0 spiro atoms. The molecule has 1 unspecified atom stereocenters. The van der Waals surface area contributed by atoms with Crippen LogP contribution < -0.4 is 5.32 Å². The molecule has 0 heterocycles. The highest BCUT2D eigenvalue weighted by Crippen LogP contribution is 2.37. The summed E-state index contributed by atoms with van der Waals surface area (Å²) in [5.74, 6) is -0.158. The predicted octanol–water partition coefficient (Wildman–Crippen LogP) is 4.30. The van der Waals surface area contributed by atoms with Crippen LogP contribution in [-0.4, -0.2) is 31.1 Å². The van der Waals surface area contributed by atoms with Gasteiger partial charge in [-0.25, -0.2) is 4.39 Å². The van der Waals surface area contributed by atoms with Crippen LogP contribution in [0.15, 0.2) is 18.2 Å². The number of hydrogen-bond acceptors (Lipinski definition) is 2. The normalized spacial score (nSPS) is 13.7. The van der Waals surface area contributed by atoms with Crippen LogP contribution in [0.5, 0.6) is 0 Å². The zero-order valence-electron chi connectivity index (χ0n) is 14.5. The van der Waals surface area contributed by atoms with E-state index in [0.717, 1.165) is 31.4 Å². The second-order valence-corrected chi connectivity index (χ2v) is 6.09. The van der Waals surface area contributed by atoms with Gasteiger partial charge in [0.2, 0.25) is 0 Å². The Morgan fingerprint density at radius 2 is 1.81 bits per heavy atom. The number of benzene rings is 1. The summed E-state index contributed by atoms with van der Waals surface area (Å²) in [7, 11) is 4.29. The van der Waals surface area contributed by atoms with Crippen molar-refractivity contribution in [3.8, 4) is 0 Å². The van der Waals surface area contributed by atoms with Gasteiger partial charge in [-0.2, -0.15) is 0 Å². The molecule has 0 aliphatic rings. The van der Waals surface area contributed by atoms with Gasteiger partial charge in [0.1, 0.15) is 5.82 Å². The fraction of sp³-hybridized carbons (Fsp3) is 0.667. The summed E-state index contributed by atoms with van der Waals surface area (Å²) in [6.07, 6.45) is 3.19. The minimum absolute atomic E-state index is 0.0394. The lowest BCUT2D eigenvalue weighted by Gasteiger charge is -2.46. The van der Waals surface area contributed by atoms with Crippen LogP contribution in [0.1, 0.15) is 57.2 Å². The number of hydrogen-bond donors (Lipinski definition) is 1. The van der Waals surface area contributed by atoms with Crippen LogP contribution in [-0.2, 0) is 0 Å². The average Bonchev–Trinajstić information content (AvgIpc) is 2.44. The van der Waals surface area contributed by atoms with Crippen LogP contribution in [0, 0.1) is 12.7 Å². The van der Waals surface area contributed by atoms with E-state index in [1.807, 2.05) is 13.0 Å². The lowest BCUT2D eigenvalue weighted by molar-refractivity contribution is 0.0878. The fourth-order valence-corrected chi connectivity index (χ4v) is 3.39. The minimum atomic E-state index is -0.158. The highest BCUT2D eigenvalue weighted by Gasteiger charge is 2.39. The Bertz CT molecular complexity index is 439. The van der Waals surface area contributed by atoms with Gasteiger partial charge in [-0.15, -0.1) is 0 Å². The van der Waals surface area contributed by atoms with E-state index >= 15 is 0 Å². The van der Waals surface area contributed by atoms with Crippen molar-refractivity contribution in [2.45, 2.75) is 58.5 Å². The first-order valence-corrected chi connectivity index (χ1v) is 8.09. The Morgan fingerprint density at radius 3 is 2.24 bits per heavy atom. The van der Waals surface area contributed by atoms with Gasteiger partial charge in [-0.1, -0.05) is 26.8 Å². The Kier molecular flexibility index (Phi) is 6.82. The number of nitrogens with one attached hydrogen (secondary N) is 1. The van der Waals surface area contributed by atoms with Gasteiger partial charge in [0.15, 0.2) is 0 Å². The van der Waals surface area contributed by atoms with Crippen molar-refractivity contribution in [3.63, 3.8) is 0 Å². The standard InChI is InChI=1S/C18H31FN2/c1-7-12-20-17(18(8-2,9-3)21(5)6)16-11-10-15(19)13-14(16)4/h10-11,13,17,20H,7-9,12H2,1-6H3. The fourth-order valence-electron chi connectivity index (χ4n) is 3.39. The molecular weight excluding hydrogens is 263 g/mol. The van der Waals surface area contributed by atoms with E-state index in [1.54, 1.807) is 12.1 Å². The smallest absolute Gasteiger partial charge is 0.123 e. The second kappa shape index (κ2) is 7.90. The van der Waals surface area contributed by atoms with Crippen molar-refractivity contribution in [2.75, 3.05) is 20.6 Å². The summed E-state index contributed by atoms with van der Waals surface area (Å²) < 4.78 is 13.5. The zero-order valence-corrected chi connectivity index (χ0v) is 14.5. The molecule has 1 aromatic rings. The average molecular weight is 294 g/mol. The van der Waals surface area contributed by atoms with E-state index in [9.17, 15) is 4.39 Å². The molecule has 0 aliphatic heterocycles. The molecule has 0 amide bonds. The molecule has 1 rings (SSSR count). The van der Waals surface area contributed by atoms with Crippen LogP contribution in [0.3, 0.4) is 0 Å². The third-order valence-corrected chi connectivity index (χ3v) is 4.79. The molecule has 0 aliphatic carbocycles. The van der Waals surface area contributed by atoms with E-state index in [-0.39, 0.29) is 17.4 Å². The highest BCUT2D eigenvalue weighted by molar-refractivity contribution is 5.32. The summed E-state index contributed by atoms with van der Waals surface area (Å²) in [5.41, 5.74) is 2.27. The molecule has 3 heteroatoms. The molecule has 0 saturated heterocycles. The predicted molar refractivity (Wildman–Crippen MR) is 89.2 cm³/mol. The third kappa shape index (κ3) is 3.83. The van der Waals surface area contributed by atoms with Crippen molar-refractivity contribution in [2.24, 2.45) is 0 Å². The molecule has 0 radical (unpaired) electrons. The lowest BCUT2D eigenvalue weighted by Crippen LogP contribution is -2.53. The molecule has 0 saturated carbocycles. The molecule has 1 atom stereocenters. The molecule has 1 N–H and O–H groups in total. The third-order valence-electron chi connectivity index (χ3n) is 4.79. The van der Waals surface area contributed by atoms with E-state index in [1.165, 1.54) is 5.56 Å². The summed E-state index contributed by atoms with van der Waals surface area (Å²) in [4.78, 5) is 2.32. The Morgan fingerprint density at radius 1 is 1.19 bits per heavy atom. The van der Waals surface area contributed by atoms with Crippen molar-refractivity contribution in [1.82, 2.24) is 10.2 Å². The van der Waals surface area contributed by atoms with Gasteiger partial charge < -0.3 is 10.2 Å².